The van der Waals surface area contributed by atoms with Crippen molar-refractivity contribution in [2.45, 2.75) is 6.54 Å². The van der Waals surface area contributed by atoms with Crippen LogP contribution in [-0.2, 0) is 11.3 Å². The van der Waals surface area contributed by atoms with Crippen LogP contribution in [0.3, 0.4) is 0 Å². The average Bonchev–Trinajstić information content (AvgIpc) is 3.28. The quantitative estimate of drug-likeness (QED) is 0.384. The zero-order chi connectivity index (χ0) is 24.2. The van der Waals surface area contributed by atoms with E-state index in [1.807, 2.05) is 47.1 Å². The van der Waals surface area contributed by atoms with Gasteiger partial charge in [0, 0.05) is 29.7 Å². The molecule has 3 amide bonds. The highest BCUT2D eigenvalue weighted by Gasteiger charge is 2.17. The number of fused-ring (bicyclic) bond motifs is 1. The Hall–Kier alpha value is -4.37. The molecule has 1 aliphatic heterocycles. The van der Waals surface area contributed by atoms with Gasteiger partial charge >= 0.3 is 6.03 Å². The van der Waals surface area contributed by atoms with Crippen molar-refractivity contribution in [3.05, 3.63) is 84.1 Å². The standard InChI is InChI=1S/C26H26N6O3/c27-22-3-1-2-4-23(22)30-25(33)19-7-5-18(6-8-19)17-32-24-10-9-21(15-20(24)16-28-32)29-26(34)31-11-13-35-14-12-31/h1-10,15-16H,11-14,17,27H2,(H,29,34)(H,30,33). The van der Waals surface area contributed by atoms with Crippen molar-refractivity contribution in [3.63, 3.8) is 0 Å². The number of carbonyl (C=O) groups is 2. The molecule has 178 valence electrons. The first-order valence-electron chi connectivity index (χ1n) is 11.4. The van der Waals surface area contributed by atoms with Gasteiger partial charge in [0.05, 0.1) is 42.8 Å². The fourth-order valence-electron chi connectivity index (χ4n) is 4.00. The summed E-state index contributed by atoms with van der Waals surface area (Å²) in [5.74, 6) is -0.217. The second kappa shape index (κ2) is 9.86. The van der Waals surface area contributed by atoms with Crippen LogP contribution in [0.4, 0.5) is 21.9 Å². The Balaban J connectivity index is 1.24. The topological polar surface area (TPSA) is 115 Å². The van der Waals surface area contributed by atoms with E-state index < -0.39 is 0 Å². The smallest absolute Gasteiger partial charge is 0.321 e. The van der Waals surface area contributed by atoms with Crippen LogP contribution in [-0.4, -0.2) is 52.9 Å². The zero-order valence-electron chi connectivity index (χ0n) is 19.1. The fourth-order valence-corrected chi connectivity index (χ4v) is 4.00. The number of anilines is 3. The number of hydrogen-bond acceptors (Lipinski definition) is 5. The minimum Gasteiger partial charge on any atom is -0.397 e. The average molecular weight is 471 g/mol. The molecule has 4 N–H and O–H groups in total. The lowest BCUT2D eigenvalue weighted by Crippen LogP contribution is -2.43. The van der Waals surface area contributed by atoms with Gasteiger partial charge in [-0.1, -0.05) is 24.3 Å². The maximum absolute atomic E-state index is 12.6. The molecule has 1 fully saturated rings. The molecule has 9 nitrogen and oxygen atoms in total. The van der Waals surface area contributed by atoms with Crippen LogP contribution in [0.15, 0.2) is 72.9 Å². The molecule has 0 radical (unpaired) electrons. The minimum atomic E-state index is -0.217. The van der Waals surface area contributed by atoms with Crippen molar-refractivity contribution in [2.75, 3.05) is 42.7 Å². The van der Waals surface area contributed by atoms with Gasteiger partial charge in [0.15, 0.2) is 0 Å². The molecule has 0 aliphatic carbocycles. The maximum atomic E-state index is 12.6. The Morgan fingerprint density at radius 2 is 1.74 bits per heavy atom. The molecule has 3 aromatic carbocycles. The van der Waals surface area contributed by atoms with Gasteiger partial charge in [0.1, 0.15) is 0 Å². The van der Waals surface area contributed by atoms with Crippen LogP contribution in [0.1, 0.15) is 15.9 Å². The number of rotatable bonds is 5. The molecule has 35 heavy (non-hydrogen) atoms. The van der Waals surface area contributed by atoms with E-state index in [-0.39, 0.29) is 11.9 Å². The Bertz CT molecular complexity index is 1360. The van der Waals surface area contributed by atoms with E-state index in [1.165, 1.54) is 0 Å². The van der Waals surface area contributed by atoms with Gasteiger partial charge in [0.2, 0.25) is 0 Å². The molecule has 5 rings (SSSR count). The number of morpholine rings is 1. The zero-order valence-corrected chi connectivity index (χ0v) is 19.1. The molecule has 0 unspecified atom stereocenters. The Morgan fingerprint density at radius 1 is 0.971 bits per heavy atom. The predicted octanol–water partition coefficient (Wildman–Crippen LogP) is 3.78. The van der Waals surface area contributed by atoms with E-state index in [2.05, 4.69) is 15.7 Å². The van der Waals surface area contributed by atoms with Crippen molar-refractivity contribution in [1.29, 1.82) is 0 Å². The van der Waals surface area contributed by atoms with Crippen molar-refractivity contribution in [2.24, 2.45) is 0 Å². The number of amides is 3. The first kappa shape index (κ1) is 22.4. The number of hydrogen-bond donors (Lipinski definition) is 3. The third kappa shape index (κ3) is 5.10. The second-order valence-electron chi connectivity index (χ2n) is 8.34. The van der Waals surface area contributed by atoms with Crippen LogP contribution in [0.5, 0.6) is 0 Å². The largest absolute Gasteiger partial charge is 0.397 e. The van der Waals surface area contributed by atoms with Crippen molar-refractivity contribution in [1.82, 2.24) is 14.7 Å². The summed E-state index contributed by atoms with van der Waals surface area (Å²) in [4.78, 5) is 26.7. The first-order valence-corrected chi connectivity index (χ1v) is 11.4. The highest BCUT2D eigenvalue weighted by Crippen LogP contribution is 2.21. The highest BCUT2D eigenvalue weighted by molar-refractivity contribution is 6.05. The van der Waals surface area contributed by atoms with E-state index in [0.29, 0.717) is 49.8 Å². The Labute approximate surface area is 202 Å². The summed E-state index contributed by atoms with van der Waals surface area (Å²) in [6, 6.07) is 20.2. The summed E-state index contributed by atoms with van der Waals surface area (Å²) < 4.78 is 7.19. The van der Waals surface area contributed by atoms with Crippen LogP contribution in [0.25, 0.3) is 10.9 Å². The van der Waals surface area contributed by atoms with Crippen LogP contribution >= 0.6 is 0 Å². The van der Waals surface area contributed by atoms with Gasteiger partial charge in [-0.15, -0.1) is 0 Å². The monoisotopic (exact) mass is 470 g/mol. The molecular weight excluding hydrogens is 444 g/mol. The summed E-state index contributed by atoms with van der Waals surface area (Å²) in [5, 5.41) is 11.2. The van der Waals surface area contributed by atoms with Gasteiger partial charge in [0.25, 0.3) is 5.91 Å². The lowest BCUT2D eigenvalue weighted by atomic mass is 10.1. The third-order valence-electron chi connectivity index (χ3n) is 5.95. The van der Waals surface area contributed by atoms with Crippen LogP contribution in [0.2, 0.25) is 0 Å². The SMILES string of the molecule is Nc1ccccc1NC(=O)c1ccc(Cn2ncc3cc(NC(=O)N4CCOCC4)ccc32)cc1. The van der Waals surface area contributed by atoms with Crippen LogP contribution < -0.4 is 16.4 Å². The lowest BCUT2D eigenvalue weighted by Gasteiger charge is -2.26. The van der Waals surface area contributed by atoms with Gasteiger partial charge in [-0.25, -0.2) is 4.79 Å². The number of aromatic nitrogens is 2. The van der Waals surface area contributed by atoms with Gasteiger partial charge < -0.3 is 26.0 Å². The van der Waals surface area contributed by atoms with Crippen molar-refractivity contribution < 1.29 is 14.3 Å². The van der Waals surface area contributed by atoms with Crippen LogP contribution in [0, 0.1) is 0 Å². The second-order valence-corrected chi connectivity index (χ2v) is 8.34. The number of nitrogens with two attached hydrogens (primary N) is 1. The third-order valence-corrected chi connectivity index (χ3v) is 5.95. The van der Waals surface area contributed by atoms with E-state index in [1.54, 1.807) is 35.4 Å². The van der Waals surface area contributed by atoms with E-state index in [9.17, 15) is 9.59 Å². The fraction of sp³-hybridized carbons (Fsp3) is 0.192. The number of ether oxygens (including phenoxy) is 1. The van der Waals surface area contributed by atoms with Crippen molar-refractivity contribution in [3.8, 4) is 0 Å². The maximum Gasteiger partial charge on any atom is 0.321 e. The molecule has 2 heterocycles. The van der Waals surface area contributed by atoms with E-state index >= 15 is 0 Å². The molecule has 9 heteroatoms. The molecule has 1 saturated heterocycles. The highest BCUT2D eigenvalue weighted by atomic mass is 16.5. The summed E-state index contributed by atoms with van der Waals surface area (Å²) in [6.45, 7) is 2.86. The van der Waals surface area contributed by atoms with Gasteiger partial charge in [-0.05, 0) is 48.0 Å². The molecular formula is C26H26N6O3. The summed E-state index contributed by atoms with van der Waals surface area (Å²) in [5.41, 5.74) is 10.2. The molecule has 0 saturated carbocycles. The van der Waals surface area contributed by atoms with E-state index in [0.717, 1.165) is 22.2 Å². The summed E-state index contributed by atoms with van der Waals surface area (Å²) >= 11 is 0. The normalized spacial score (nSPS) is 13.5. The Kier molecular flexibility index (Phi) is 6.32. The molecule has 4 aromatic rings. The molecule has 0 atom stereocenters. The molecule has 1 aromatic heterocycles. The Morgan fingerprint density at radius 3 is 2.51 bits per heavy atom. The number of para-hydroxylation sites is 2. The van der Waals surface area contributed by atoms with Crippen molar-refractivity contribution >= 4 is 39.9 Å². The molecule has 1 aliphatic rings. The number of benzene rings is 3. The van der Waals surface area contributed by atoms with Gasteiger partial charge in [-0.3, -0.25) is 9.48 Å². The summed E-state index contributed by atoms with van der Waals surface area (Å²) in [7, 11) is 0. The first-order chi connectivity index (χ1) is 17.1. The predicted molar refractivity (Wildman–Crippen MR) is 135 cm³/mol. The van der Waals surface area contributed by atoms with Gasteiger partial charge in [-0.2, -0.15) is 5.10 Å². The number of nitrogens with zero attached hydrogens (tertiary/aromatic N) is 3. The number of nitrogens with one attached hydrogen (secondary N) is 2. The number of urea groups is 1. The number of nitrogen functional groups attached to an aromatic ring is 1. The molecule has 0 spiro atoms. The molecule has 0 bridgehead atoms. The number of carbonyl (C=O) groups excluding carboxylic acids is 2. The minimum absolute atomic E-state index is 0.126. The summed E-state index contributed by atoms with van der Waals surface area (Å²) in [6.07, 6.45) is 1.78. The lowest BCUT2D eigenvalue weighted by molar-refractivity contribution is 0.0564. The van der Waals surface area contributed by atoms with E-state index in [4.69, 9.17) is 10.5 Å².